The van der Waals surface area contributed by atoms with Crippen molar-refractivity contribution >= 4 is 15.9 Å². The molecule has 0 heterocycles. The molecule has 0 radical (unpaired) electrons. The van der Waals surface area contributed by atoms with Crippen LogP contribution in [0.3, 0.4) is 0 Å². The van der Waals surface area contributed by atoms with Crippen molar-refractivity contribution in [3.63, 3.8) is 0 Å². The Morgan fingerprint density at radius 2 is 1.48 bits per heavy atom. The second-order valence-electron chi connectivity index (χ2n) is 4.39. The molecular weight excluding hydrogens is 357 g/mol. The Kier molecular flexibility index (Phi) is 4.34. The molecule has 1 atom stereocenters. The summed E-state index contributed by atoms with van der Waals surface area (Å²) in [5, 5.41) is 0. The van der Waals surface area contributed by atoms with Gasteiger partial charge in [0.1, 0.15) is 0 Å². The lowest BCUT2D eigenvalue weighted by molar-refractivity contribution is -0.138. The molecule has 0 fully saturated rings. The van der Waals surface area contributed by atoms with Gasteiger partial charge in [0.05, 0.1) is 11.6 Å². The first-order valence-electron chi connectivity index (χ1n) is 5.77. The van der Waals surface area contributed by atoms with Gasteiger partial charge in [-0.1, -0.05) is 28.1 Å². The van der Waals surface area contributed by atoms with E-state index in [9.17, 15) is 22.0 Å². The number of hydrogen-bond donors (Lipinski definition) is 1. The highest BCUT2D eigenvalue weighted by molar-refractivity contribution is 9.10. The molecule has 7 heteroatoms. The molecule has 1 nitrogen and oxygen atoms in total. The summed E-state index contributed by atoms with van der Waals surface area (Å²) in [6.07, 6.45) is -4.54. The van der Waals surface area contributed by atoms with Crippen LogP contribution in [0, 0.1) is 11.6 Å². The summed E-state index contributed by atoms with van der Waals surface area (Å²) >= 11 is 2.82. The average molecular weight is 366 g/mol. The highest BCUT2D eigenvalue weighted by Crippen LogP contribution is 2.36. The first-order chi connectivity index (χ1) is 9.70. The Morgan fingerprint density at radius 1 is 0.905 bits per heavy atom. The maximum absolute atomic E-state index is 13.2. The van der Waals surface area contributed by atoms with Crippen molar-refractivity contribution in [3.8, 4) is 0 Å². The van der Waals surface area contributed by atoms with Crippen LogP contribution in [0.4, 0.5) is 22.0 Å². The van der Waals surface area contributed by atoms with Gasteiger partial charge in [-0.3, -0.25) is 0 Å². The monoisotopic (exact) mass is 365 g/mol. The van der Waals surface area contributed by atoms with Crippen LogP contribution in [0.1, 0.15) is 22.7 Å². The van der Waals surface area contributed by atoms with Gasteiger partial charge < -0.3 is 5.73 Å². The third kappa shape index (κ3) is 3.41. The second kappa shape index (κ2) is 5.73. The van der Waals surface area contributed by atoms with E-state index in [4.69, 9.17) is 5.73 Å². The van der Waals surface area contributed by atoms with Crippen LogP contribution in [0.2, 0.25) is 0 Å². The van der Waals surface area contributed by atoms with Crippen LogP contribution in [0.25, 0.3) is 0 Å². The first-order valence-corrected chi connectivity index (χ1v) is 6.56. The lowest BCUT2D eigenvalue weighted by atomic mass is 9.97. The Morgan fingerprint density at radius 3 is 2.05 bits per heavy atom. The van der Waals surface area contributed by atoms with Crippen molar-refractivity contribution in [2.45, 2.75) is 12.2 Å². The van der Waals surface area contributed by atoms with E-state index in [-0.39, 0.29) is 15.6 Å². The lowest BCUT2D eigenvalue weighted by Gasteiger charge is -2.16. The minimum absolute atomic E-state index is 0.115. The summed E-state index contributed by atoms with van der Waals surface area (Å²) in [5.74, 6) is -2.14. The van der Waals surface area contributed by atoms with Gasteiger partial charge in [0.15, 0.2) is 11.6 Å². The van der Waals surface area contributed by atoms with Crippen LogP contribution >= 0.6 is 15.9 Å². The van der Waals surface area contributed by atoms with Gasteiger partial charge in [-0.25, -0.2) is 8.78 Å². The van der Waals surface area contributed by atoms with E-state index < -0.39 is 29.4 Å². The van der Waals surface area contributed by atoms with Gasteiger partial charge in [-0.05, 0) is 35.4 Å². The van der Waals surface area contributed by atoms with Crippen LogP contribution < -0.4 is 5.73 Å². The van der Waals surface area contributed by atoms with E-state index in [0.29, 0.717) is 0 Å². The summed E-state index contributed by atoms with van der Waals surface area (Å²) in [4.78, 5) is 0. The highest BCUT2D eigenvalue weighted by Gasteiger charge is 2.33. The molecule has 0 amide bonds. The van der Waals surface area contributed by atoms with E-state index in [2.05, 4.69) is 15.9 Å². The Labute approximate surface area is 125 Å². The van der Waals surface area contributed by atoms with Crippen molar-refractivity contribution in [2.75, 3.05) is 0 Å². The molecular formula is C14H9BrF5N. The van der Waals surface area contributed by atoms with E-state index in [1.807, 2.05) is 0 Å². The highest BCUT2D eigenvalue weighted by atomic mass is 79.9. The molecule has 2 rings (SSSR count). The van der Waals surface area contributed by atoms with E-state index in [1.54, 1.807) is 0 Å². The fourth-order valence-corrected chi connectivity index (χ4v) is 2.32. The minimum atomic E-state index is -4.54. The number of rotatable bonds is 2. The molecule has 0 saturated carbocycles. The van der Waals surface area contributed by atoms with Crippen molar-refractivity contribution in [2.24, 2.45) is 5.73 Å². The van der Waals surface area contributed by atoms with Crippen molar-refractivity contribution in [3.05, 3.63) is 69.2 Å². The first kappa shape index (κ1) is 15.9. The summed E-state index contributed by atoms with van der Waals surface area (Å²) in [7, 11) is 0. The SMILES string of the molecule is NC(c1ccc(F)c(F)c1)c1ccc(Br)c(C(F)(F)F)c1. The van der Waals surface area contributed by atoms with E-state index in [0.717, 1.165) is 18.2 Å². The van der Waals surface area contributed by atoms with Crippen LogP contribution in [0.15, 0.2) is 40.9 Å². The van der Waals surface area contributed by atoms with E-state index >= 15 is 0 Å². The summed E-state index contributed by atoms with van der Waals surface area (Å²) < 4.78 is 64.4. The molecule has 21 heavy (non-hydrogen) atoms. The fraction of sp³-hybridized carbons (Fsp3) is 0.143. The van der Waals surface area contributed by atoms with Gasteiger partial charge in [0.2, 0.25) is 0 Å². The number of halogens is 6. The number of nitrogens with two attached hydrogens (primary N) is 1. The van der Waals surface area contributed by atoms with Crippen molar-refractivity contribution in [1.82, 2.24) is 0 Å². The zero-order valence-corrected chi connectivity index (χ0v) is 12.0. The average Bonchev–Trinajstić information content (AvgIpc) is 2.40. The molecule has 0 saturated heterocycles. The number of alkyl halides is 3. The van der Waals surface area contributed by atoms with Crippen LogP contribution in [0.5, 0.6) is 0 Å². The molecule has 2 aromatic carbocycles. The summed E-state index contributed by atoms with van der Waals surface area (Å²) in [5.41, 5.74) is 5.28. The Bertz CT molecular complexity index is 669. The largest absolute Gasteiger partial charge is 0.417 e. The molecule has 0 aromatic heterocycles. The molecule has 0 aliphatic heterocycles. The zero-order chi connectivity index (χ0) is 15.8. The molecule has 1 unspecified atom stereocenters. The quantitative estimate of drug-likeness (QED) is 0.760. The van der Waals surface area contributed by atoms with Gasteiger partial charge >= 0.3 is 6.18 Å². The maximum atomic E-state index is 13.2. The fourth-order valence-electron chi connectivity index (χ4n) is 1.85. The summed E-state index contributed by atoms with van der Waals surface area (Å²) in [6.45, 7) is 0. The summed E-state index contributed by atoms with van der Waals surface area (Å²) in [6, 6.07) is 5.50. The third-order valence-corrected chi connectivity index (χ3v) is 3.65. The molecule has 0 aliphatic carbocycles. The lowest BCUT2D eigenvalue weighted by Crippen LogP contribution is -2.14. The van der Waals surface area contributed by atoms with Crippen molar-refractivity contribution in [1.29, 1.82) is 0 Å². The van der Waals surface area contributed by atoms with Crippen LogP contribution in [-0.4, -0.2) is 0 Å². The standard InChI is InChI=1S/C14H9BrF5N/c15-10-3-1-7(5-9(10)14(18,19)20)13(21)8-2-4-11(16)12(17)6-8/h1-6,13H,21H2. The van der Waals surface area contributed by atoms with Gasteiger partial charge in [-0.15, -0.1) is 0 Å². The second-order valence-corrected chi connectivity index (χ2v) is 5.24. The molecule has 0 bridgehead atoms. The number of benzene rings is 2. The number of hydrogen-bond acceptors (Lipinski definition) is 1. The normalized spacial score (nSPS) is 13.3. The van der Waals surface area contributed by atoms with Crippen LogP contribution in [-0.2, 0) is 6.18 Å². The van der Waals surface area contributed by atoms with E-state index in [1.165, 1.54) is 18.2 Å². The molecule has 2 aromatic rings. The topological polar surface area (TPSA) is 26.0 Å². The Balaban J connectivity index is 2.44. The molecule has 112 valence electrons. The predicted octanol–water partition coefficient (Wildman–Crippen LogP) is 4.79. The van der Waals surface area contributed by atoms with Crippen molar-refractivity contribution < 1.29 is 22.0 Å². The zero-order valence-electron chi connectivity index (χ0n) is 10.4. The van der Waals surface area contributed by atoms with Gasteiger partial charge in [0, 0.05) is 4.47 Å². The molecule has 0 spiro atoms. The van der Waals surface area contributed by atoms with Gasteiger partial charge in [-0.2, -0.15) is 13.2 Å². The predicted molar refractivity (Wildman–Crippen MR) is 71.5 cm³/mol. The Hall–Kier alpha value is -1.47. The smallest absolute Gasteiger partial charge is 0.320 e. The molecule has 2 N–H and O–H groups in total. The van der Waals surface area contributed by atoms with Gasteiger partial charge in [0.25, 0.3) is 0 Å². The molecule has 0 aliphatic rings. The maximum Gasteiger partial charge on any atom is 0.417 e. The third-order valence-electron chi connectivity index (χ3n) is 2.96. The minimum Gasteiger partial charge on any atom is -0.320 e.